The summed E-state index contributed by atoms with van der Waals surface area (Å²) in [5.41, 5.74) is 1.30. The minimum atomic E-state index is -0.170. The highest BCUT2D eigenvalue weighted by Crippen LogP contribution is 2.17. The van der Waals surface area contributed by atoms with E-state index in [1.54, 1.807) is 36.6 Å². The summed E-state index contributed by atoms with van der Waals surface area (Å²) in [6, 6.07) is 6.87. The van der Waals surface area contributed by atoms with E-state index in [0.717, 1.165) is 0 Å². The molecule has 5 nitrogen and oxygen atoms in total. The molecule has 1 aromatic carbocycles. The molecular formula is C14H14ClN3O2S. The van der Waals surface area contributed by atoms with Gasteiger partial charge in [0.15, 0.2) is 5.13 Å². The number of carbonyl (C=O) groups excluding carboxylic acids is 2. The number of thiazole rings is 1. The first-order valence-electron chi connectivity index (χ1n) is 6.36. The van der Waals surface area contributed by atoms with Gasteiger partial charge in [0.05, 0.1) is 12.1 Å². The summed E-state index contributed by atoms with van der Waals surface area (Å²) in [5, 5.41) is 8.30. The van der Waals surface area contributed by atoms with Crippen molar-refractivity contribution in [3.05, 3.63) is 40.4 Å². The maximum Gasteiger partial charge on any atom is 0.230 e. The molecule has 2 rings (SSSR count). The predicted octanol–water partition coefficient (Wildman–Crippen LogP) is 3.33. The molecule has 0 fully saturated rings. The van der Waals surface area contributed by atoms with Crippen LogP contribution in [0.1, 0.15) is 19.0 Å². The second kappa shape index (κ2) is 7.19. The topological polar surface area (TPSA) is 71.1 Å². The molecule has 2 aromatic rings. The molecule has 0 saturated heterocycles. The summed E-state index contributed by atoms with van der Waals surface area (Å²) in [6.45, 7) is 1.77. The zero-order valence-electron chi connectivity index (χ0n) is 11.4. The van der Waals surface area contributed by atoms with E-state index in [1.807, 2.05) is 0 Å². The number of carbonyl (C=O) groups is 2. The Morgan fingerprint density at radius 3 is 2.57 bits per heavy atom. The van der Waals surface area contributed by atoms with Gasteiger partial charge in [-0.3, -0.25) is 9.59 Å². The van der Waals surface area contributed by atoms with Crippen LogP contribution in [0, 0.1) is 0 Å². The van der Waals surface area contributed by atoms with Gasteiger partial charge in [-0.1, -0.05) is 18.5 Å². The maximum absolute atomic E-state index is 11.9. The van der Waals surface area contributed by atoms with Gasteiger partial charge in [-0.2, -0.15) is 0 Å². The molecule has 0 spiro atoms. The molecule has 0 saturated carbocycles. The van der Waals surface area contributed by atoms with Crippen molar-refractivity contribution in [3.8, 4) is 0 Å². The Labute approximate surface area is 131 Å². The Hall–Kier alpha value is -1.92. The highest BCUT2D eigenvalue weighted by molar-refractivity contribution is 7.13. The number of nitrogens with zero attached hydrogens (tertiary/aromatic N) is 1. The molecule has 0 aliphatic carbocycles. The smallest absolute Gasteiger partial charge is 0.230 e. The zero-order chi connectivity index (χ0) is 15.2. The van der Waals surface area contributed by atoms with E-state index in [9.17, 15) is 9.59 Å². The number of anilines is 2. The standard InChI is InChI=1S/C14H14ClN3O2S/c1-2-12(19)18-14-17-11(8-21-14)7-13(20)16-10-5-3-9(15)4-6-10/h3-6,8H,2,7H2,1H3,(H,16,20)(H,17,18,19). The van der Waals surface area contributed by atoms with Gasteiger partial charge in [0.25, 0.3) is 0 Å². The van der Waals surface area contributed by atoms with Gasteiger partial charge in [-0.25, -0.2) is 4.98 Å². The second-order valence-electron chi connectivity index (χ2n) is 4.28. The van der Waals surface area contributed by atoms with Crippen molar-refractivity contribution in [2.75, 3.05) is 10.6 Å². The lowest BCUT2D eigenvalue weighted by molar-refractivity contribution is -0.116. The normalized spacial score (nSPS) is 10.2. The van der Waals surface area contributed by atoms with E-state index >= 15 is 0 Å². The van der Waals surface area contributed by atoms with Gasteiger partial charge in [0.2, 0.25) is 11.8 Å². The van der Waals surface area contributed by atoms with Crippen LogP contribution in [0.5, 0.6) is 0 Å². The van der Waals surface area contributed by atoms with Crippen LogP contribution in [0.3, 0.4) is 0 Å². The molecule has 1 heterocycles. The zero-order valence-corrected chi connectivity index (χ0v) is 12.9. The lowest BCUT2D eigenvalue weighted by atomic mass is 10.3. The lowest BCUT2D eigenvalue weighted by Crippen LogP contribution is -2.14. The largest absolute Gasteiger partial charge is 0.326 e. The summed E-state index contributed by atoms with van der Waals surface area (Å²) in [5.74, 6) is -0.266. The van der Waals surface area contributed by atoms with Crippen LogP contribution in [0.15, 0.2) is 29.6 Å². The number of benzene rings is 1. The minimum Gasteiger partial charge on any atom is -0.326 e. The molecule has 2 N–H and O–H groups in total. The summed E-state index contributed by atoms with van der Waals surface area (Å²) < 4.78 is 0. The number of rotatable bonds is 5. The van der Waals surface area contributed by atoms with Gasteiger partial charge in [0, 0.05) is 22.5 Å². The molecule has 21 heavy (non-hydrogen) atoms. The summed E-state index contributed by atoms with van der Waals surface area (Å²) in [6.07, 6.45) is 0.549. The summed E-state index contributed by atoms with van der Waals surface area (Å²) in [4.78, 5) is 27.3. The van der Waals surface area contributed by atoms with Gasteiger partial charge in [-0.15, -0.1) is 11.3 Å². The van der Waals surface area contributed by atoms with Crippen molar-refractivity contribution in [1.29, 1.82) is 0 Å². The van der Waals surface area contributed by atoms with Crippen LogP contribution in [0.4, 0.5) is 10.8 Å². The van der Waals surface area contributed by atoms with Gasteiger partial charge in [0.1, 0.15) is 0 Å². The molecule has 0 atom stereocenters. The van der Waals surface area contributed by atoms with Gasteiger partial charge in [-0.05, 0) is 24.3 Å². The second-order valence-corrected chi connectivity index (χ2v) is 5.57. The number of hydrogen-bond acceptors (Lipinski definition) is 4. The third kappa shape index (κ3) is 4.84. The van der Waals surface area contributed by atoms with Crippen molar-refractivity contribution in [2.45, 2.75) is 19.8 Å². The number of hydrogen-bond donors (Lipinski definition) is 2. The van der Waals surface area contributed by atoms with Crippen LogP contribution in [-0.2, 0) is 16.0 Å². The van der Waals surface area contributed by atoms with Crippen molar-refractivity contribution in [1.82, 2.24) is 4.98 Å². The van der Waals surface area contributed by atoms with Crippen LogP contribution in [0.2, 0.25) is 5.02 Å². The average Bonchev–Trinajstić information content (AvgIpc) is 2.88. The molecule has 0 aliphatic rings. The third-order valence-corrected chi connectivity index (χ3v) is 3.65. The van der Waals surface area contributed by atoms with E-state index in [2.05, 4.69) is 15.6 Å². The SMILES string of the molecule is CCC(=O)Nc1nc(CC(=O)Nc2ccc(Cl)cc2)cs1. The average molecular weight is 324 g/mol. The molecular weight excluding hydrogens is 310 g/mol. The van der Waals surface area contributed by atoms with Crippen molar-refractivity contribution >= 4 is 45.6 Å². The van der Waals surface area contributed by atoms with Crippen LogP contribution in [-0.4, -0.2) is 16.8 Å². The Morgan fingerprint density at radius 2 is 1.90 bits per heavy atom. The fourth-order valence-electron chi connectivity index (χ4n) is 1.56. The number of nitrogens with one attached hydrogen (secondary N) is 2. The van der Waals surface area contributed by atoms with Crippen molar-refractivity contribution < 1.29 is 9.59 Å². The predicted molar refractivity (Wildman–Crippen MR) is 84.8 cm³/mol. The van der Waals surface area contributed by atoms with E-state index in [-0.39, 0.29) is 18.2 Å². The van der Waals surface area contributed by atoms with E-state index in [1.165, 1.54) is 11.3 Å². The number of aromatic nitrogens is 1. The fraction of sp³-hybridized carbons (Fsp3) is 0.214. The van der Waals surface area contributed by atoms with Gasteiger partial charge < -0.3 is 10.6 Å². The first-order valence-corrected chi connectivity index (χ1v) is 7.62. The molecule has 110 valence electrons. The Kier molecular flexibility index (Phi) is 5.30. The number of halogens is 1. The van der Waals surface area contributed by atoms with E-state index in [4.69, 9.17) is 11.6 Å². The monoisotopic (exact) mass is 323 g/mol. The minimum absolute atomic E-state index is 0.0958. The van der Waals surface area contributed by atoms with Crippen LogP contribution < -0.4 is 10.6 Å². The van der Waals surface area contributed by atoms with Crippen molar-refractivity contribution in [2.24, 2.45) is 0 Å². The first kappa shape index (κ1) is 15.5. The Morgan fingerprint density at radius 1 is 1.19 bits per heavy atom. The van der Waals surface area contributed by atoms with E-state index in [0.29, 0.717) is 28.0 Å². The van der Waals surface area contributed by atoms with Crippen LogP contribution in [0.25, 0.3) is 0 Å². The highest BCUT2D eigenvalue weighted by Gasteiger charge is 2.09. The molecule has 0 unspecified atom stereocenters. The summed E-state index contributed by atoms with van der Waals surface area (Å²) in [7, 11) is 0. The first-order chi connectivity index (χ1) is 10.1. The third-order valence-electron chi connectivity index (χ3n) is 2.59. The quantitative estimate of drug-likeness (QED) is 0.886. The fourth-order valence-corrected chi connectivity index (χ4v) is 2.41. The van der Waals surface area contributed by atoms with Gasteiger partial charge >= 0.3 is 0 Å². The highest BCUT2D eigenvalue weighted by atomic mass is 35.5. The number of amides is 2. The molecule has 1 aromatic heterocycles. The maximum atomic E-state index is 11.9. The van der Waals surface area contributed by atoms with E-state index < -0.39 is 0 Å². The lowest BCUT2D eigenvalue weighted by Gasteiger charge is -2.03. The molecule has 0 radical (unpaired) electrons. The Bertz CT molecular complexity index is 640. The molecule has 0 bridgehead atoms. The molecule has 7 heteroatoms. The molecule has 0 aliphatic heterocycles. The Balaban J connectivity index is 1.90. The van der Waals surface area contributed by atoms with Crippen LogP contribution >= 0.6 is 22.9 Å². The molecule has 2 amide bonds. The van der Waals surface area contributed by atoms with Crippen molar-refractivity contribution in [3.63, 3.8) is 0 Å². The summed E-state index contributed by atoms with van der Waals surface area (Å²) >= 11 is 7.08.